The summed E-state index contributed by atoms with van der Waals surface area (Å²) in [5, 5.41) is 3.22. The van der Waals surface area contributed by atoms with Crippen molar-refractivity contribution < 1.29 is 17.9 Å². The maximum absolute atomic E-state index is 12.7. The van der Waals surface area contributed by atoms with E-state index in [1.807, 2.05) is 13.8 Å². The van der Waals surface area contributed by atoms with Crippen LogP contribution in [0.15, 0.2) is 29.2 Å². The molecule has 0 aliphatic carbocycles. The summed E-state index contributed by atoms with van der Waals surface area (Å²) in [6.07, 6.45) is 0.961. The number of carbonyl (C=O) groups excluding carboxylic acids is 1. The molecule has 0 amide bonds. The van der Waals surface area contributed by atoms with Crippen molar-refractivity contribution >= 4 is 15.6 Å². The Kier molecular flexibility index (Phi) is 4.51. The van der Waals surface area contributed by atoms with Gasteiger partial charge in [0, 0.05) is 24.9 Å². The number of ketones is 1. The fraction of sp³-hybridized carbons (Fsp3) is 0.533. The first-order valence-electron chi connectivity index (χ1n) is 6.90. The number of hydrogen-bond donors (Lipinski definition) is 1. The minimum absolute atomic E-state index is 0.0451. The van der Waals surface area contributed by atoms with Gasteiger partial charge in [0.1, 0.15) is 0 Å². The van der Waals surface area contributed by atoms with Crippen molar-refractivity contribution in [1.29, 1.82) is 0 Å². The van der Waals surface area contributed by atoms with Crippen LogP contribution in [0.2, 0.25) is 0 Å². The molecule has 5 nitrogen and oxygen atoms in total. The SMILES string of the molecule is CC(C)(C(=O)c1ccc(S(C)(=O)=O)cc1)C1CNCCO1. The van der Waals surface area contributed by atoms with Gasteiger partial charge in [-0.2, -0.15) is 0 Å². The van der Waals surface area contributed by atoms with Gasteiger partial charge >= 0.3 is 0 Å². The van der Waals surface area contributed by atoms with Crippen LogP contribution in [0.1, 0.15) is 24.2 Å². The van der Waals surface area contributed by atoms with Crippen molar-refractivity contribution in [3.8, 4) is 0 Å². The average Bonchev–Trinajstić information content (AvgIpc) is 2.46. The standard InChI is InChI=1S/C15H21NO4S/c1-15(2,13-10-16-8-9-20-13)14(17)11-4-6-12(7-5-11)21(3,18)19/h4-7,13,16H,8-10H2,1-3H3. The summed E-state index contributed by atoms with van der Waals surface area (Å²) in [6, 6.07) is 6.07. The number of sulfone groups is 1. The van der Waals surface area contributed by atoms with E-state index >= 15 is 0 Å². The van der Waals surface area contributed by atoms with Gasteiger partial charge in [0.25, 0.3) is 0 Å². The maximum Gasteiger partial charge on any atom is 0.175 e. The normalized spacial score (nSPS) is 20.2. The van der Waals surface area contributed by atoms with Crippen LogP contribution in [-0.4, -0.2) is 46.3 Å². The topological polar surface area (TPSA) is 72.5 Å². The Hall–Kier alpha value is -1.24. The first-order valence-corrected chi connectivity index (χ1v) is 8.79. The second kappa shape index (κ2) is 5.87. The lowest BCUT2D eigenvalue weighted by atomic mass is 9.78. The van der Waals surface area contributed by atoms with E-state index in [1.54, 1.807) is 12.1 Å². The quantitative estimate of drug-likeness (QED) is 0.848. The van der Waals surface area contributed by atoms with Gasteiger partial charge < -0.3 is 10.1 Å². The molecule has 2 rings (SSSR count). The molecule has 1 N–H and O–H groups in total. The number of Topliss-reactive ketones (excluding diaryl/α,β-unsaturated/α-hetero) is 1. The first-order chi connectivity index (χ1) is 9.73. The van der Waals surface area contributed by atoms with E-state index in [9.17, 15) is 13.2 Å². The Morgan fingerprint density at radius 2 is 1.90 bits per heavy atom. The molecule has 1 fully saturated rings. The minimum Gasteiger partial charge on any atom is -0.375 e. The molecule has 1 atom stereocenters. The summed E-state index contributed by atoms with van der Waals surface area (Å²) in [6.45, 7) is 5.74. The van der Waals surface area contributed by atoms with Crippen LogP contribution in [0.25, 0.3) is 0 Å². The Morgan fingerprint density at radius 3 is 2.38 bits per heavy atom. The molecule has 1 aliphatic rings. The van der Waals surface area contributed by atoms with Crippen LogP contribution in [0.5, 0.6) is 0 Å². The summed E-state index contributed by atoms with van der Waals surface area (Å²) < 4.78 is 28.6. The van der Waals surface area contributed by atoms with Gasteiger partial charge in [0.15, 0.2) is 15.6 Å². The molecule has 1 unspecified atom stereocenters. The average molecular weight is 311 g/mol. The Labute approximate surface area is 125 Å². The highest BCUT2D eigenvalue weighted by molar-refractivity contribution is 7.90. The highest BCUT2D eigenvalue weighted by atomic mass is 32.2. The highest BCUT2D eigenvalue weighted by Crippen LogP contribution is 2.29. The Morgan fingerprint density at radius 1 is 1.29 bits per heavy atom. The van der Waals surface area contributed by atoms with E-state index in [0.717, 1.165) is 12.8 Å². The number of ether oxygens (including phenoxy) is 1. The van der Waals surface area contributed by atoms with Crippen LogP contribution in [0.3, 0.4) is 0 Å². The summed E-state index contributed by atoms with van der Waals surface area (Å²) in [4.78, 5) is 12.9. The van der Waals surface area contributed by atoms with Crippen molar-refractivity contribution in [2.75, 3.05) is 26.0 Å². The van der Waals surface area contributed by atoms with E-state index in [-0.39, 0.29) is 16.8 Å². The van der Waals surface area contributed by atoms with Gasteiger partial charge in [-0.3, -0.25) is 4.79 Å². The summed E-state index contributed by atoms with van der Waals surface area (Å²) >= 11 is 0. The van der Waals surface area contributed by atoms with Gasteiger partial charge in [-0.25, -0.2) is 8.42 Å². The molecule has 21 heavy (non-hydrogen) atoms. The summed E-state index contributed by atoms with van der Waals surface area (Å²) in [7, 11) is -3.25. The molecule has 0 aromatic heterocycles. The fourth-order valence-electron chi connectivity index (χ4n) is 2.40. The number of morpholine rings is 1. The van der Waals surface area contributed by atoms with Crippen LogP contribution in [-0.2, 0) is 14.6 Å². The largest absolute Gasteiger partial charge is 0.375 e. The lowest BCUT2D eigenvalue weighted by Crippen LogP contribution is -2.49. The van der Waals surface area contributed by atoms with Gasteiger partial charge in [-0.15, -0.1) is 0 Å². The van der Waals surface area contributed by atoms with E-state index in [4.69, 9.17) is 4.74 Å². The van der Waals surface area contributed by atoms with Gasteiger partial charge in [0.05, 0.1) is 23.0 Å². The zero-order chi connectivity index (χ0) is 15.7. The molecule has 6 heteroatoms. The zero-order valence-corrected chi connectivity index (χ0v) is 13.4. The van der Waals surface area contributed by atoms with E-state index < -0.39 is 15.3 Å². The molecule has 0 bridgehead atoms. The number of nitrogens with one attached hydrogen (secondary N) is 1. The Balaban J connectivity index is 2.22. The number of carbonyl (C=O) groups is 1. The monoisotopic (exact) mass is 311 g/mol. The lowest BCUT2D eigenvalue weighted by molar-refractivity contribution is -0.0324. The van der Waals surface area contributed by atoms with Crippen molar-refractivity contribution in [2.45, 2.75) is 24.8 Å². The number of hydrogen-bond acceptors (Lipinski definition) is 5. The molecule has 1 aliphatic heterocycles. The molecule has 1 aromatic rings. The highest BCUT2D eigenvalue weighted by Gasteiger charge is 2.38. The van der Waals surface area contributed by atoms with Crippen molar-refractivity contribution in [3.63, 3.8) is 0 Å². The molecule has 0 spiro atoms. The van der Waals surface area contributed by atoms with Crippen molar-refractivity contribution in [1.82, 2.24) is 5.32 Å². The first kappa shape index (κ1) is 16.1. The molecule has 0 saturated carbocycles. The lowest BCUT2D eigenvalue weighted by Gasteiger charge is -2.36. The predicted molar refractivity (Wildman–Crippen MR) is 80.3 cm³/mol. The molecule has 1 aromatic carbocycles. The summed E-state index contributed by atoms with van der Waals surface area (Å²) in [5.74, 6) is -0.0451. The molecule has 1 heterocycles. The van der Waals surface area contributed by atoms with E-state index in [0.29, 0.717) is 18.7 Å². The van der Waals surface area contributed by atoms with E-state index in [2.05, 4.69) is 5.32 Å². The van der Waals surface area contributed by atoms with E-state index in [1.165, 1.54) is 12.1 Å². The number of rotatable bonds is 4. The third-order valence-electron chi connectivity index (χ3n) is 3.86. The molecule has 1 saturated heterocycles. The third-order valence-corrected chi connectivity index (χ3v) is 4.99. The number of benzene rings is 1. The maximum atomic E-state index is 12.7. The van der Waals surface area contributed by atoms with Crippen LogP contribution in [0.4, 0.5) is 0 Å². The second-order valence-electron chi connectivity index (χ2n) is 5.91. The van der Waals surface area contributed by atoms with Gasteiger partial charge in [0.2, 0.25) is 0 Å². The minimum atomic E-state index is -3.25. The molecule has 116 valence electrons. The van der Waals surface area contributed by atoms with Crippen LogP contribution < -0.4 is 5.32 Å². The van der Waals surface area contributed by atoms with Crippen molar-refractivity contribution in [2.24, 2.45) is 5.41 Å². The molecular formula is C15H21NO4S. The fourth-order valence-corrected chi connectivity index (χ4v) is 3.03. The second-order valence-corrected chi connectivity index (χ2v) is 7.93. The predicted octanol–water partition coefficient (Wildman–Crippen LogP) is 1.29. The summed E-state index contributed by atoms with van der Waals surface area (Å²) in [5.41, 5.74) is -0.165. The third kappa shape index (κ3) is 3.51. The smallest absolute Gasteiger partial charge is 0.175 e. The van der Waals surface area contributed by atoms with Crippen LogP contribution in [0, 0.1) is 5.41 Å². The zero-order valence-electron chi connectivity index (χ0n) is 12.5. The van der Waals surface area contributed by atoms with Gasteiger partial charge in [-0.1, -0.05) is 12.1 Å². The van der Waals surface area contributed by atoms with Crippen LogP contribution >= 0.6 is 0 Å². The molecular weight excluding hydrogens is 290 g/mol. The molecule has 0 radical (unpaired) electrons. The van der Waals surface area contributed by atoms with Crippen molar-refractivity contribution in [3.05, 3.63) is 29.8 Å². The Bertz CT molecular complexity index is 614. The van der Waals surface area contributed by atoms with Gasteiger partial charge in [-0.05, 0) is 26.0 Å².